The maximum Gasteiger partial charge on any atom is 0.133 e. The number of nitrogens with one attached hydrogen (secondary N) is 1. The normalized spacial score (nSPS) is 21.4. The lowest BCUT2D eigenvalue weighted by Gasteiger charge is -2.34. The highest BCUT2D eigenvalue weighted by Crippen LogP contribution is 2.37. The van der Waals surface area contributed by atoms with Crippen molar-refractivity contribution in [3.63, 3.8) is 0 Å². The second-order valence-corrected chi connectivity index (χ2v) is 7.49. The van der Waals surface area contributed by atoms with Crippen LogP contribution in [0.15, 0.2) is 24.3 Å². The highest BCUT2D eigenvalue weighted by Gasteiger charge is 2.30. The second-order valence-electron chi connectivity index (χ2n) is 7.49. The zero-order chi connectivity index (χ0) is 17.2. The lowest BCUT2D eigenvalue weighted by atomic mass is 9.95. The standard InChI is InChI=1S/C21H30N4/c1-3-24-14-7-5-12-19(24)20-18-11-4-6-13-22-21(18)25(23-20)17-10-8-9-16(2)15-17/h8-10,15,19,22H,3-7,11-14H2,1-2H3. The number of benzene rings is 1. The van der Waals surface area contributed by atoms with Crippen molar-refractivity contribution in [2.75, 3.05) is 25.0 Å². The van der Waals surface area contributed by atoms with E-state index in [0.29, 0.717) is 6.04 Å². The van der Waals surface area contributed by atoms with E-state index in [2.05, 4.69) is 53.0 Å². The lowest BCUT2D eigenvalue weighted by Crippen LogP contribution is -2.33. The summed E-state index contributed by atoms with van der Waals surface area (Å²) in [4.78, 5) is 2.62. The minimum Gasteiger partial charge on any atom is -0.370 e. The molecule has 0 amide bonds. The van der Waals surface area contributed by atoms with Gasteiger partial charge in [0.1, 0.15) is 5.82 Å². The van der Waals surface area contributed by atoms with Crippen molar-refractivity contribution in [2.24, 2.45) is 0 Å². The summed E-state index contributed by atoms with van der Waals surface area (Å²) in [6, 6.07) is 9.18. The van der Waals surface area contributed by atoms with Gasteiger partial charge in [-0.15, -0.1) is 0 Å². The van der Waals surface area contributed by atoms with E-state index in [1.165, 1.54) is 67.0 Å². The van der Waals surface area contributed by atoms with E-state index in [0.717, 1.165) is 19.5 Å². The molecule has 3 heterocycles. The first-order chi connectivity index (χ1) is 12.3. The number of piperidine rings is 1. The molecule has 1 unspecified atom stereocenters. The molecule has 0 bridgehead atoms. The Bertz CT molecular complexity index is 733. The van der Waals surface area contributed by atoms with Crippen LogP contribution in [0.1, 0.15) is 61.9 Å². The molecule has 1 saturated heterocycles. The summed E-state index contributed by atoms with van der Waals surface area (Å²) in [5.41, 5.74) is 5.25. The average Bonchev–Trinajstić information content (AvgIpc) is 2.82. The Balaban J connectivity index is 1.82. The molecule has 0 radical (unpaired) electrons. The van der Waals surface area contributed by atoms with E-state index in [4.69, 9.17) is 5.10 Å². The van der Waals surface area contributed by atoms with E-state index in [9.17, 15) is 0 Å². The number of hydrogen-bond donors (Lipinski definition) is 1. The molecule has 0 aliphatic carbocycles. The third kappa shape index (κ3) is 3.20. The van der Waals surface area contributed by atoms with Crippen LogP contribution < -0.4 is 5.32 Å². The Morgan fingerprint density at radius 1 is 1.20 bits per heavy atom. The SMILES string of the molecule is CCN1CCCCC1c1nn(-c2cccc(C)c2)c2c1CCCCN2. The lowest BCUT2D eigenvalue weighted by molar-refractivity contribution is 0.152. The first-order valence-corrected chi connectivity index (χ1v) is 9.94. The highest BCUT2D eigenvalue weighted by molar-refractivity contribution is 5.55. The van der Waals surface area contributed by atoms with Crippen LogP contribution in [0.25, 0.3) is 5.69 Å². The fraction of sp³-hybridized carbons (Fsp3) is 0.571. The molecule has 2 aliphatic rings. The van der Waals surface area contributed by atoms with E-state index < -0.39 is 0 Å². The first kappa shape index (κ1) is 16.6. The monoisotopic (exact) mass is 338 g/mol. The third-order valence-corrected chi connectivity index (χ3v) is 5.74. The maximum atomic E-state index is 5.18. The van der Waals surface area contributed by atoms with Gasteiger partial charge < -0.3 is 5.32 Å². The topological polar surface area (TPSA) is 33.1 Å². The summed E-state index contributed by atoms with van der Waals surface area (Å²) in [5, 5.41) is 8.87. The molecule has 134 valence electrons. The second kappa shape index (κ2) is 7.20. The molecule has 0 saturated carbocycles. The van der Waals surface area contributed by atoms with Gasteiger partial charge in [-0.3, -0.25) is 4.90 Å². The number of hydrogen-bond acceptors (Lipinski definition) is 3. The molecule has 4 rings (SSSR count). The van der Waals surface area contributed by atoms with E-state index in [1.807, 2.05) is 0 Å². The van der Waals surface area contributed by atoms with Crippen LogP contribution in [0.4, 0.5) is 5.82 Å². The maximum absolute atomic E-state index is 5.18. The first-order valence-electron chi connectivity index (χ1n) is 9.94. The zero-order valence-corrected chi connectivity index (χ0v) is 15.6. The Morgan fingerprint density at radius 3 is 2.96 bits per heavy atom. The Kier molecular flexibility index (Phi) is 4.80. The zero-order valence-electron chi connectivity index (χ0n) is 15.6. The molecule has 25 heavy (non-hydrogen) atoms. The van der Waals surface area contributed by atoms with Crippen molar-refractivity contribution in [2.45, 2.75) is 58.4 Å². The van der Waals surface area contributed by atoms with Gasteiger partial charge in [-0.1, -0.05) is 25.5 Å². The molecule has 1 fully saturated rings. The molecule has 4 nitrogen and oxygen atoms in total. The minimum absolute atomic E-state index is 0.485. The van der Waals surface area contributed by atoms with E-state index >= 15 is 0 Å². The van der Waals surface area contributed by atoms with Crippen LogP contribution in [0.2, 0.25) is 0 Å². The summed E-state index contributed by atoms with van der Waals surface area (Å²) in [7, 11) is 0. The largest absolute Gasteiger partial charge is 0.370 e. The van der Waals surface area contributed by atoms with Crippen LogP contribution in [0.5, 0.6) is 0 Å². The van der Waals surface area contributed by atoms with Crippen molar-refractivity contribution < 1.29 is 0 Å². The van der Waals surface area contributed by atoms with Gasteiger partial charge in [-0.05, 0) is 69.8 Å². The van der Waals surface area contributed by atoms with Crippen LogP contribution >= 0.6 is 0 Å². The molecule has 1 aromatic carbocycles. The molecular formula is C21H30N4. The molecule has 1 aromatic heterocycles. The van der Waals surface area contributed by atoms with Crippen LogP contribution in [-0.4, -0.2) is 34.3 Å². The Morgan fingerprint density at radius 2 is 2.12 bits per heavy atom. The fourth-order valence-corrected chi connectivity index (χ4v) is 4.42. The number of aromatic nitrogens is 2. The number of rotatable bonds is 3. The van der Waals surface area contributed by atoms with Crippen LogP contribution in [-0.2, 0) is 6.42 Å². The smallest absolute Gasteiger partial charge is 0.133 e. The van der Waals surface area contributed by atoms with E-state index in [-0.39, 0.29) is 0 Å². The number of anilines is 1. The van der Waals surface area contributed by atoms with Crippen LogP contribution in [0.3, 0.4) is 0 Å². The summed E-state index contributed by atoms with van der Waals surface area (Å²) in [6.45, 7) is 7.81. The van der Waals surface area contributed by atoms with Crippen LogP contribution in [0, 0.1) is 6.92 Å². The summed E-state index contributed by atoms with van der Waals surface area (Å²) >= 11 is 0. The van der Waals surface area contributed by atoms with Crippen molar-refractivity contribution in [3.05, 3.63) is 41.1 Å². The minimum atomic E-state index is 0.485. The van der Waals surface area contributed by atoms with Gasteiger partial charge in [0.2, 0.25) is 0 Å². The van der Waals surface area contributed by atoms with Gasteiger partial charge in [0.25, 0.3) is 0 Å². The van der Waals surface area contributed by atoms with E-state index in [1.54, 1.807) is 0 Å². The van der Waals surface area contributed by atoms with Gasteiger partial charge in [0, 0.05) is 12.1 Å². The van der Waals surface area contributed by atoms with Crippen molar-refractivity contribution in [1.29, 1.82) is 0 Å². The Hall–Kier alpha value is -1.81. The van der Waals surface area contributed by atoms with Crippen molar-refractivity contribution >= 4 is 5.82 Å². The number of fused-ring (bicyclic) bond motifs is 1. The molecule has 2 aromatic rings. The predicted molar refractivity (Wildman–Crippen MR) is 104 cm³/mol. The predicted octanol–water partition coefficient (Wildman–Crippen LogP) is 4.48. The molecule has 4 heteroatoms. The molecule has 0 spiro atoms. The van der Waals surface area contributed by atoms with Gasteiger partial charge in [-0.2, -0.15) is 5.10 Å². The number of nitrogens with zero attached hydrogens (tertiary/aromatic N) is 3. The van der Waals surface area contributed by atoms with Gasteiger partial charge >= 0.3 is 0 Å². The molecule has 1 atom stereocenters. The Labute approximate surface area is 151 Å². The average molecular weight is 338 g/mol. The van der Waals surface area contributed by atoms with Gasteiger partial charge in [-0.25, -0.2) is 4.68 Å². The summed E-state index contributed by atoms with van der Waals surface area (Å²) in [6.07, 6.45) is 7.53. The molecular weight excluding hydrogens is 308 g/mol. The van der Waals surface area contributed by atoms with Gasteiger partial charge in [0.05, 0.1) is 17.4 Å². The highest BCUT2D eigenvalue weighted by atomic mass is 15.4. The number of aryl methyl sites for hydroxylation is 1. The summed E-state index contributed by atoms with van der Waals surface area (Å²) < 4.78 is 2.17. The quantitative estimate of drug-likeness (QED) is 0.896. The number of likely N-dealkylation sites (tertiary alicyclic amines) is 1. The fourth-order valence-electron chi connectivity index (χ4n) is 4.42. The third-order valence-electron chi connectivity index (χ3n) is 5.74. The van der Waals surface area contributed by atoms with Gasteiger partial charge in [0.15, 0.2) is 0 Å². The molecule has 1 N–H and O–H groups in total. The molecule has 2 aliphatic heterocycles. The summed E-state index contributed by atoms with van der Waals surface area (Å²) in [5.74, 6) is 1.24. The van der Waals surface area contributed by atoms with Crippen molar-refractivity contribution in [1.82, 2.24) is 14.7 Å². The van der Waals surface area contributed by atoms with Crippen molar-refractivity contribution in [3.8, 4) is 5.69 Å².